The van der Waals surface area contributed by atoms with Crippen LogP contribution in [-0.2, 0) is 30.8 Å². The smallest absolute Gasteiger partial charge is 0.411 e. The predicted molar refractivity (Wildman–Crippen MR) is 205 cm³/mol. The van der Waals surface area contributed by atoms with Gasteiger partial charge in [-0.1, -0.05) is 32.1 Å². The van der Waals surface area contributed by atoms with E-state index in [2.05, 4.69) is 10.0 Å². The topological polar surface area (TPSA) is 185 Å². The van der Waals surface area contributed by atoms with Crippen molar-refractivity contribution in [2.24, 2.45) is 5.92 Å². The van der Waals surface area contributed by atoms with E-state index in [1.165, 1.54) is 6.92 Å². The molecule has 0 bridgehead atoms. The minimum Gasteiger partial charge on any atom is -0.497 e. The highest BCUT2D eigenvalue weighted by Gasteiger charge is 2.65. The summed E-state index contributed by atoms with van der Waals surface area (Å²) in [6.07, 6.45) is -2.62. The van der Waals surface area contributed by atoms with Gasteiger partial charge >= 0.3 is 12.3 Å². The van der Waals surface area contributed by atoms with Crippen LogP contribution in [0.5, 0.6) is 11.5 Å². The summed E-state index contributed by atoms with van der Waals surface area (Å²) in [5, 5.41) is 14.0. The van der Waals surface area contributed by atoms with E-state index in [1.807, 2.05) is 12.1 Å². The number of amides is 4. The first-order chi connectivity index (χ1) is 27.1. The number of halogens is 3. The van der Waals surface area contributed by atoms with Crippen LogP contribution < -0.4 is 19.5 Å². The fourth-order valence-electron chi connectivity index (χ4n) is 9.19. The number of hydrogen-bond acceptors (Lipinski definition) is 9. The Balaban J connectivity index is 1.29. The van der Waals surface area contributed by atoms with Gasteiger partial charge in [-0.25, -0.2) is 18.2 Å². The van der Waals surface area contributed by atoms with Crippen LogP contribution >= 0.6 is 0 Å². The molecule has 3 N–H and O–H groups in total. The number of nitrogens with one attached hydrogen (secondary N) is 2. The third-order valence-electron chi connectivity index (χ3n) is 13.4. The number of sulfonamides is 1. The number of benzene rings is 1. The van der Waals surface area contributed by atoms with Gasteiger partial charge in [-0.05, 0) is 96.8 Å². The molecule has 7 rings (SSSR count). The number of carbonyl (C=O) groups is 4. The lowest BCUT2D eigenvalue weighted by Crippen LogP contribution is -2.65. The molecule has 1 spiro atoms. The fourth-order valence-corrected chi connectivity index (χ4v) is 10.5. The van der Waals surface area contributed by atoms with Gasteiger partial charge in [0.05, 0.1) is 29.6 Å². The molecule has 3 aliphatic heterocycles. The van der Waals surface area contributed by atoms with Crippen LogP contribution in [0.2, 0.25) is 0 Å². The molecule has 4 heterocycles. The van der Waals surface area contributed by atoms with Gasteiger partial charge in [0, 0.05) is 17.4 Å². The zero-order valence-electron chi connectivity index (χ0n) is 33.5. The number of nitrogens with zero attached hydrogens (tertiary/aromatic N) is 3. The number of fused-ring (bicyclic) bond motifs is 5. The van der Waals surface area contributed by atoms with Crippen LogP contribution in [0.25, 0.3) is 10.9 Å². The van der Waals surface area contributed by atoms with Crippen LogP contribution in [0.3, 0.4) is 0 Å². The van der Waals surface area contributed by atoms with Crippen LogP contribution in [0, 0.1) is 12.8 Å². The summed E-state index contributed by atoms with van der Waals surface area (Å²) < 4.78 is 83.7. The highest BCUT2D eigenvalue weighted by Crippen LogP contribution is 2.50. The zero-order valence-corrected chi connectivity index (χ0v) is 34.3. The van der Waals surface area contributed by atoms with E-state index in [1.54, 1.807) is 20.1 Å². The maximum absolute atomic E-state index is 15.0. The number of ether oxygens (including phenoxy) is 2. The van der Waals surface area contributed by atoms with Crippen LogP contribution in [0.15, 0.2) is 18.2 Å². The number of aromatic nitrogens is 1. The van der Waals surface area contributed by atoms with Gasteiger partial charge in [0.15, 0.2) is 0 Å². The van der Waals surface area contributed by atoms with Crippen molar-refractivity contribution < 1.29 is 55.3 Å². The Morgan fingerprint density at radius 2 is 1.74 bits per heavy atom. The Morgan fingerprint density at radius 3 is 2.38 bits per heavy atom. The largest absolute Gasteiger partial charge is 0.497 e. The predicted octanol–water partition coefficient (Wildman–Crippen LogP) is 5.52. The Bertz CT molecular complexity index is 2140. The summed E-state index contributed by atoms with van der Waals surface area (Å²) in [5.41, 5.74) is -3.78. The molecule has 2 aromatic rings. The number of hydrogen-bond donors (Lipinski definition) is 3. The molecule has 1 aromatic carbocycles. The summed E-state index contributed by atoms with van der Waals surface area (Å²) in [6, 6.07) is 2.21. The highest BCUT2D eigenvalue weighted by molar-refractivity contribution is 7.91. The van der Waals surface area contributed by atoms with Crippen LogP contribution in [0.4, 0.5) is 18.0 Å². The Labute approximate surface area is 335 Å². The van der Waals surface area contributed by atoms with Gasteiger partial charge < -0.3 is 24.8 Å². The maximum Gasteiger partial charge on any atom is 0.411 e. The van der Waals surface area contributed by atoms with Crippen molar-refractivity contribution in [1.82, 2.24) is 24.8 Å². The Morgan fingerprint density at radius 1 is 1.07 bits per heavy atom. The van der Waals surface area contributed by atoms with E-state index in [0.717, 1.165) is 15.8 Å². The minimum absolute atomic E-state index is 0.138. The lowest BCUT2D eigenvalue weighted by molar-refractivity contribution is -0.220. The van der Waals surface area contributed by atoms with E-state index in [0.29, 0.717) is 87.9 Å². The maximum atomic E-state index is 15.0. The number of carboxylic acid groups (broad SMARTS) is 1. The first-order valence-corrected chi connectivity index (χ1v) is 21.5. The molecule has 0 radical (unpaired) electrons. The summed E-state index contributed by atoms with van der Waals surface area (Å²) in [6.45, 7) is 4.45. The average molecular weight is 836 g/mol. The SMILES string of the molecule is COc1ccc2nc(C)c3c(c2c1)CC[C@]1(C[C@H]2C(=O)N[C@]4(C(=O)NS(=O)(=O)C5(C)CC5)C[C@H]4CCCCCCC[C@H](N(C(=O)O)C(C)(C)C(F)(F)F)C(=O)N2C1)O3. The molecule has 2 aliphatic carbocycles. The van der Waals surface area contributed by atoms with E-state index in [4.69, 9.17) is 14.5 Å². The number of aryl methyl sites for hydroxylation is 2. The fraction of sp³-hybridized carbons (Fsp3) is 0.675. The molecule has 2 saturated carbocycles. The molecule has 2 saturated heterocycles. The molecule has 4 amide bonds. The number of carbonyl (C=O) groups excluding carboxylic acids is 3. The molecule has 318 valence electrons. The zero-order chi connectivity index (χ0) is 42.2. The van der Waals surface area contributed by atoms with Crippen molar-refractivity contribution in [2.75, 3.05) is 13.7 Å². The summed E-state index contributed by atoms with van der Waals surface area (Å²) in [4.78, 5) is 62.5. The Kier molecular flexibility index (Phi) is 10.4. The normalized spacial score (nSPS) is 28.8. The second kappa shape index (κ2) is 14.4. The highest BCUT2D eigenvalue weighted by atomic mass is 32.2. The lowest BCUT2D eigenvalue weighted by Gasteiger charge is -2.43. The van der Waals surface area contributed by atoms with Gasteiger partial charge in [-0.15, -0.1) is 0 Å². The van der Waals surface area contributed by atoms with E-state index in [-0.39, 0.29) is 43.5 Å². The number of alkyl halides is 3. The third kappa shape index (κ3) is 7.20. The molecule has 4 fully saturated rings. The molecule has 58 heavy (non-hydrogen) atoms. The lowest BCUT2D eigenvalue weighted by atomic mass is 9.87. The summed E-state index contributed by atoms with van der Waals surface area (Å²) in [5.74, 6) is -2.04. The van der Waals surface area contributed by atoms with E-state index < -0.39 is 79.4 Å². The van der Waals surface area contributed by atoms with Gasteiger partial charge in [0.1, 0.15) is 40.3 Å². The molecule has 14 nitrogen and oxygen atoms in total. The summed E-state index contributed by atoms with van der Waals surface area (Å²) in [7, 11) is -2.54. The minimum atomic E-state index is -5.06. The number of pyridine rings is 1. The summed E-state index contributed by atoms with van der Waals surface area (Å²) >= 11 is 0. The third-order valence-corrected chi connectivity index (χ3v) is 15.5. The van der Waals surface area contributed by atoms with Crippen molar-refractivity contribution in [3.8, 4) is 11.5 Å². The van der Waals surface area contributed by atoms with Crippen molar-refractivity contribution in [2.45, 2.75) is 151 Å². The van der Waals surface area contributed by atoms with Gasteiger partial charge in [0.2, 0.25) is 21.8 Å². The van der Waals surface area contributed by atoms with Crippen LogP contribution in [0.1, 0.15) is 109 Å². The van der Waals surface area contributed by atoms with Gasteiger partial charge in [-0.2, -0.15) is 13.2 Å². The number of rotatable bonds is 6. The van der Waals surface area contributed by atoms with Gasteiger partial charge in [-0.3, -0.25) is 24.0 Å². The first kappa shape index (κ1) is 41.8. The second-order valence-electron chi connectivity index (χ2n) is 17.7. The molecule has 1 aromatic heterocycles. The molecule has 18 heteroatoms. The second-order valence-corrected chi connectivity index (χ2v) is 19.9. The molecule has 5 atom stereocenters. The van der Waals surface area contributed by atoms with Crippen molar-refractivity contribution in [1.29, 1.82) is 0 Å². The number of methoxy groups -OCH3 is 1. The van der Waals surface area contributed by atoms with Crippen molar-refractivity contribution in [3.05, 3.63) is 29.5 Å². The van der Waals surface area contributed by atoms with Crippen molar-refractivity contribution >= 4 is 44.7 Å². The first-order valence-electron chi connectivity index (χ1n) is 20.0. The Hall–Kier alpha value is -4.35. The average Bonchev–Trinajstić information content (AvgIpc) is 4.04. The van der Waals surface area contributed by atoms with E-state index in [9.17, 15) is 45.9 Å². The quantitative estimate of drug-likeness (QED) is 0.335. The van der Waals surface area contributed by atoms with Crippen molar-refractivity contribution in [3.63, 3.8) is 0 Å². The molecular weight excluding hydrogens is 784 g/mol. The molecular formula is C40H52F3N5O9S. The molecule has 5 aliphatic rings. The van der Waals surface area contributed by atoms with Gasteiger partial charge in [0.25, 0.3) is 5.91 Å². The monoisotopic (exact) mass is 835 g/mol. The molecule has 0 unspecified atom stereocenters. The van der Waals surface area contributed by atoms with Crippen LogP contribution in [-0.4, -0.2) is 105 Å². The standard InChI is InChI=1S/C40H52F3N5O9S/c1-23-31-26(27-19-25(56-5)13-14-28(27)44-23)15-16-38(57-31)21-30-32(49)45-39(34(51)46-58(54,55)37(4)17-18-37)20-24(39)11-9-7-6-8-10-12-29(33(50)47(30)22-38)48(35(52)53)36(2,3)40(41,42)43/h13-14,19,24,29-30H,6-12,15-18,20-22H2,1-5H3,(H,45,49)(H,46,51)(H,52,53)/t24-,29+,30+,38-,39-/m1/s1. The van der Waals surface area contributed by atoms with E-state index >= 15 is 0 Å².